The second-order valence-electron chi connectivity index (χ2n) is 9.53. The van der Waals surface area contributed by atoms with Crippen LogP contribution in [-0.2, 0) is 19.4 Å². The molecule has 0 unspecified atom stereocenters. The minimum absolute atomic E-state index is 0.566. The number of benzene rings is 2. The third-order valence-corrected chi connectivity index (χ3v) is 6.92. The second kappa shape index (κ2) is 10.9. The first kappa shape index (κ1) is 23.3. The molecular formula is C28H31N9. The molecule has 0 atom stereocenters. The summed E-state index contributed by atoms with van der Waals surface area (Å²) in [5, 5.41) is 6.84. The highest BCUT2D eigenvalue weighted by Gasteiger charge is 2.21. The van der Waals surface area contributed by atoms with Crippen molar-refractivity contribution in [1.29, 1.82) is 0 Å². The number of hydrogen-bond acceptors (Lipinski definition) is 9. The SMILES string of the molecule is c1ccc(Cc2cnc(N3CCN(c4ncnc(Nc5ccc6c(c5)CCCNC6)n4)CC3)nc2)cc1. The monoisotopic (exact) mass is 493 g/mol. The van der Waals surface area contributed by atoms with Gasteiger partial charge < -0.3 is 20.4 Å². The van der Waals surface area contributed by atoms with Gasteiger partial charge in [0, 0.05) is 57.2 Å². The van der Waals surface area contributed by atoms with E-state index in [-0.39, 0.29) is 0 Å². The third kappa shape index (κ3) is 5.67. The van der Waals surface area contributed by atoms with Crippen LogP contribution in [0.3, 0.4) is 0 Å². The molecule has 0 radical (unpaired) electrons. The van der Waals surface area contributed by atoms with Crippen LogP contribution in [0, 0.1) is 0 Å². The Hall–Kier alpha value is -4.11. The molecule has 4 aromatic rings. The number of rotatable bonds is 6. The van der Waals surface area contributed by atoms with Gasteiger partial charge in [0.1, 0.15) is 6.33 Å². The molecule has 4 heterocycles. The van der Waals surface area contributed by atoms with E-state index in [1.807, 2.05) is 18.5 Å². The van der Waals surface area contributed by atoms with Gasteiger partial charge in [-0.15, -0.1) is 0 Å². The number of fused-ring (bicyclic) bond motifs is 1. The first-order chi connectivity index (χ1) is 18.3. The number of anilines is 4. The van der Waals surface area contributed by atoms with Gasteiger partial charge in [-0.3, -0.25) is 0 Å². The molecule has 1 saturated heterocycles. The summed E-state index contributed by atoms with van der Waals surface area (Å²) in [5.41, 5.74) is 6.14. The lowest BCUT2D eigenvalue weighted by molar-refractivity contribution is 0.626. The highest BCUT2D eigenvalue weighted by atomic mass is 15.4. The van der Waals surface area contributed by atoms with Crippen molar-refractivity contribution >= 4 is 23.5 Å². The number of piperazine rings is 1. The lowest BCUT2D eigenvalue weighted by Crippen LogP contribution is -2.47. The van der Waals surface area contributed by atoms with E-state index in [0.717, 1.165) is 75.7 Å². The summed E-state index contributed by atoms with van der Waals surface area (Å²) in [6.07, 6.45) is 8.53. The molecular weight excluding hydrogens is 462 g/mol. The van der Waals surface area contributed by atoms with Crippen LogP contribution in [0.1, 0.15) is 28.7 Å². The molecule has 1 fully saturated rings. The lowest BCUT2D eigenvalue weighted by Gasteiger charge is -2.34. The van der Waals surface area contributed by atoms with E-state index in [0.29, 0.717) is 11.9 Å². The number of aryl methyl sites for hydroxylation is 1. The second-order valence-corrected chi connectivity index (χ2v) is 9.53. The van der Waals surface area contributed by atoms with Gasteiger partial charge in [-0.25, -0.2) is 19.9 Å². The van der Waals surface area contributed by atoms with Crippen LogP contribution in [-0.4, -0.2) is 57.6 Å². The molecule has 188 valence electrons. The lowest BCUT2D eigenvalue weighted by atomic mass is 10.0. The van der Waals surface area contributed by atoms with Crippen LogP contribution in [0.2, 0.25) is 0 Å². The maximum absolute atomic E-state index is 4.70. The first-order valence-corrected chi connectivity index (χ1v) is 12.9. The number of aromatic nitrogens is 5. The van der Waals surface area contributed by atoms with Crippen molar-refractivity contribution in [3.8, 4) is 0 Å². The van der Waals surface area contributed by atoms with E-state index in [9.17, 15) is 0 Å². The molecule has 9 heteroatoms. The van der Waals surface area contributed by atoms with E-state index < -0.39 is 0 Å². The summed E-state index contributed by atoms with van der Waals surface area (Å²) in [5.74, 6) is 2.03. The number of hydrogen-bond donors (Lipinski definition) is 2. The topological polar surface area (TPSA) is 95.0 Å². The molecule has 37 heavy (non-hydrogen) atoms. The summed E-state index contributed by atoms with van der Waals surface area (Å²) >= 11 is 0. The standard InChI is InChI=1S/C28H31N9/c1-2-5-21(6-3-1)15-22-17-30-27(31-18-22)36-11-13-37(14-12-36)28-33-20-32-26(35-28)34-25-9-8-24-19-29-10-4-7-23(24)16-25/h1-3,5-6,8-9,16-18,20,29H,4,7,10-15,19H2,(H,32,33,34,35). The average molecular weight is 494 g/mol. The van der Waals surface area contributed by atoms with Crippen molar-refractivity contribution in [3.05, 3.63) is 89.5 Å². The molecule has 6 rings (SSSR count). The van der Waals surface area contributed by atoms with Gasteiger partial charge in [0.05, 0.1) is 0 Å². The van der Waals surface area contributed by atoms with Gasteiger partial charge in [-0.2, -0.15) is 4.98 Å². The van der Waals surface area contributed by atoms with E-state index in [1.54, 1.807) is 6.33 Å². The Morgan fingerprint density at radius 2 is 1.57 bits per heavy atom. The normalized spacial score (nSPS) is 15.7. The van der Waals surface area contributed by atoms with Crippen molar-refractivity contribution in [2.75, 3.05) is 47.8 Å². The molecule has 2 aliphatic heterocycles. The molecule has 2 aromatic carbocycles. The summed E-state index contributed by atoms with van der Waals surface area (Å²) in [4.78, 5) is 27.2. The predicted molar refractivity (Wildman–Crippen MR) is 145 cm³/mol. The molecule has 0 saturated carbocycles. The summed E-state index contributed by atoms with van der Waals surface area (Å²) in [6.45, 7) is 5.21. The summed E-state index contributed by atoms with van der Waals surface area (Å²) in [7, 11) is 0. The van der Waals surface area contributed by atoms with E-state index in [1.165, 1.54) is 16.7 Å². The molecule has 9 nitrogen and oxygen atoms in total. The fourth-order valence-corrected chi connectivity index (χ4v) is 4.91. The van der Waals surface area contributed by atoms with Crippen LogP contribution in [0.4, 0.5) is 23.5 Å². The van der Waals surface area contributed by atoms with Crippen LogP contribution in [0.15, 0.2) is 67.3 Å². The largest absolute Gasteiger partial charge is 0.337 e. The van der Waals surface area contributed by atoms with Crippen molar-refractivity contribution < 1.29 is 0 Å². The fraction of sp³-hybridized carbons (Fsp3) is 0.321. The zero-order valence-corrected chi connectivity index (χ0v) is 20.8. The first-order valence-electron chi connectivity index (χ1n) is 12.9. The van der Waals surface area contributed by atoms with Gasteiger partial charge >= 0.3 is 0 Å². The molecule has 0 amide bonds. The highest BCUT2D eigenvalue weighted by Crippen LogP contribution is 2.22. The van der Waals surface area contributed by atoms with E-state index in [2.05, 4.69) is 82.8 Å². The number of nitrogens with zero attached hydrogens (tertiary/aromatic N) is 7. The fourth-order valence-electron chi connectivity index (χ4n) is 4.91. The van der Waals surface area contributed by atoms with Gasteiger partial charge in [0.25, 0.3) is 0 Å². The van der Waals surface area contributed by atoms with Gasteiger partial charge in [-0.05, 0) is 53.8 Å². The number of nitrogens with one attached hydrogen (secondary N) is 2. The van der Waals surface area contributed by atoms with Crippen LogP contribution >= 0.6 is 0 Å². The smallest absolute Gasteiger partial charge is 0.231 e. The Morgan fingerprint density at radius 3 is 2.38 bits per heavy atom. The molecule has 0 bridgehead atoms. The van der Waals surface area contributed by atoms with Crippen molar-refractivity contribution in [2.45, 2.75) is 25.8 Å². The van der Waals surface area contributed by atoms with E-state index >= 15 is 0 Å². The quantitative estimate of drug-likeness (QED) is 0.419. The van der Waals surface area contributed by atoms with E-state index in [4.69, 9.17) is 4.98 Å². The Kier molecular flexibility index (Phi) is 6.85. The predicted octanol–water partition coefficient (Wildman–Crippen LogP) is 3.36. The highest BCUT2D eigenvalue weighted by molar-refractivity contribution is 5.57. The van der Waals surface area contributed by atoms with Gasteiger partial charge in [-0.1, -0.05) is 36.4 Å². The molecule has 2 N–H and O–H groups in total. The summed E-state index contributed by atoms with van der Waals surface area (Å²) < 4.78 is 0. The Morgan fingerprint density at radius 1 is 0.784 bits per heavy atom. The minimum Gasteiger partial charge on any atom is -0.337 e. The molecule has 0 aliphatic carbocycles. The van der Waals surface area contributed by atoms with Crippen LogP contribution in [0.5, 0.6) is 0 Å². The van der Waals surface area contributed by atoms with Crippen molar-refractivity contribution in [2.24, 2.45) is 0 Å². The maximum Gasteiger partial charge on any atom is 0.231 e. The maximum atomic E-state index is 4.70. The Balaban J connectivity index is 1.06. The van der Waals surface area contributed by atoms with Gasteiger partial charge in [0.2, 0.25) is 17.8 Å². The molecule has 2 aliphatic rings. The Labute approximate surface area is 217 Å². The van der Waals surface area contributed by atoms with Crippen LogP contribution < -0.4 is 20.4 Å². The van der Waals surface area contributed by atoms with Crippen LogP contribution in [0.25, 0.3) is 0 Å². The third-order valence-electron chi connectivity index (χ3n) is 6.92. The van der Waals surface area contributed by atoms with Gasteiger partial charge in [0.15, 0.2) is 0 Å². The van der Waals surface area contributed by atoms with Crippen molar-refractivity contribution in [1.82, 2.24) is 30.2 Å². The molecule has 2 aromatic heterocycles. The zero-order chi connectivity index (χ0) is 24.9. The average Bonchev–Trinajstić information content (AvgIpc) is 3.20. The molecule has 0 spiro atoms. The zero-order valence-electron chi connectivity index (χ0n) is 20.8. The minimum atomic E-state index is 0.566. The summed E-state index contributed by atoms with van der Waals surface area (Å²) in [6, 6.07) is 16.9. The Bertz CT molecular complexity index is 1320. The van der Waals surface area contributed by atoms with Crippen molar-refractivity contribution in [3.63, 3.8) is 0 Å².